The molecule has 2 aromatic rings. The van der Waals surface area contributed by atoms with Crippen molar-refractivity contribution in [2.75, 3.05) is 13.2 Å². The molecule has 1 fully saturated rings. The lowest BCUT2D eigenvalue weighted by Gasteiger charge is -2.31. The van der Waals surface area contributed by atoms with E-state index in [1.165, 1.54) is 0 Å². The Hall–Kier alpha value is -2.43. The number of hydrogen-bond acceptors (Lipinski definition) is 3. The first kappa shape index (κ1) is 26.2. The minimum absolute atomic E-state index is 0.0677. The molecular weight excluding hydrogens is 464 g/mol. The molecule has 3 rings (SSSR count). The van der Waals surface area contributed by atoms with E-state index in [0.29, 0.717) is 43.1 Å². The summed E-state index contributed by atoms with van der Waals surface area (Å²) in [7, 11) is 1.89. The lowest BCUT2D eigenvalue weighted by atomic mass is 9.82. The Kier molecular flexibility index (Phi) is 8.72. The van der Waals surface area contributed by atoms with E-state index in [1.54, 1.807) is 19.1 Å². The maximum absolute atomic E-state index is 13.2. The standard InChI is InChI=1S/C26H30ClF2NO4/c1-17(13-24(32)33)12-23(31)25-20-14-19(27)7-8-21(20)30(2)22(25)9-11-34-10-5-3-4-6-18-15-26(28,29)16-18/h7-8,14,17-18H,3,5,9-13,15-16H2,1-2H3,(H,32,33)/t17-/m0/s1. The molecule has 1 saturated carbocycles. The van der Waals surface area contributed by atoms with E-state index in [1.807, 2.05) is 17.7 Å². The van der Waals surface area contributed by atoms with Crippen molar-refractivity contribution in [1.29, 1.82) is 0 Å². The van der Waals surface area contributed by atoms with Gasteiger partial charge in [0.1, 0.15) is 0 Å². The summed E-state index contributed by atoms with van der Waals surface area (Å²) in [5, 5.41) is 10.3. The number of aliphatic carboxylic acids is 1. The Balaban J connectivity index is 1.59. The number of carboxylic acid groups (broad SMARTS) is 1. The fourth-order valence-corrected chi connectivity index (χ4v) is 4.55. The van der Waals surface area contributed by atoms with E-state index in [9.17, 15) is 18.4 Å². The van der Waals surface area contributed by atoms with Crippen LogP contribution in [0.3, 0.4) is 0 Å². The molecule has 1 aliphatic rings. The number of carbonyl (C=O) groups is 2. The van der Waals surface area contributed by atoms with Crippen LogP contribution >= 0.6 is 11.6 Å². The predicted octanol–water partition coefficient (Wildman–Crippen LogP) is 5.90. The molecule has 0 unspecified atom stereocenters. The third-order valence-corrected chi connectivity index (χ3v) is 6.32. The summed E-state index contributed by atoms with van der Waals surface area (Å²) >= 11 is 6.19. The van der Waals surface area contributed by atoms with Gasteiger partial charge in [-0.15, -0.1) is 5.92 Å². The van der Waals surface area contributed by atoms with Crippen LogP contribution in [0.2, 0.25) is 5.02 Å². The molecular formula is C26H30ClF2NO4. The highest BCUT2D eigenvalue weighted by Crippen LogP contribution is 2.41. The molecule has 1 N–H and O–H groups in total. The van der Waals surface area contributed by atoms with Crippen molar-refractivity contribution in [3.8, 4) is 11.8 Å². The van der Waals surface area contributed by atoms with Crippen LogP contribution in [0.25, 0.3) is 10.9 Å². The van der Waals surface area contributed by atoms with Gasteiger partial charge in [0, 0.05) is 85.3 Å². The average molecular weight is 494 g/mol. The molecule has 1 heterocycles. The summed E-state index contributed by atoms with van der Waals surface area (Å²) < 4.78 is 33.3. The minimum Gasteiger partial charge on any atom is -0.481 e. The van der Waals surface area contributed by atoms with Crippen LogP contribution in [0.5, 0.6) is 0 Å². The van der Waals surface area contributed by atoms with Crippen LogP contribution in [0.1, 0.15) is 61.5 Å². The number of unbranched alkanes of at least 4 members (excludes halogenated alkanes) is 1. The van der Waals surface area contributed by atoms with Gasteiger partial charge in [0.2, 0.25) is 0 Å². The minimum atomic E-state index is -2.54. The summed E-state index contributed by atoms with van der Waals surface area (Å²) in [4.78, 5) is 24.2. The average Bonchev–Trinajstić information content (AvgIpc) is 2.98. The summed E-state index contributed by atoms with van der Waals surface area (Å²) in [5.41, 5.74) is 2.28. The smallest absolute Gasteiger partial charge is 0.303 e. The van der Waals surface area contributed by atoms with E-state index >= 15 is 0 Å². The third-order valence-electron chi connectivity index (χ3n) is 6.09. The van der Waals surface area contributed by atoms with Gasteiger partial charge in [0.15, 0.2) is 5.78 Å². The highest BCUT2D eigenvalue weighted by atomic mass is 35.5. The number of benzene rings is 1. The number of aryl methyl sites for hydroxylation is 1. The molecule has 1 atom stereocenters. The van der Waals surface area contributed by atoms with E-state index in [0.717, 1.165) is 16.6 Å². The van der Waals surface area contributed by atoms with E-state index in [-0.39, 0.29) is 43.3 Å². The fourth-order valence-electron chi connectivity index (χ4n) is 4.38. The van der Waals surface area contributed by atoms with Crippen molar-refractivity contribution < 1.29 is 28.2 Å². The van der Waals surface area contributed by atoms with Crippen LogP contribution in [0.15, 0.2) is 18.2 Å². The Morgan fingerprint density at radius 3 is 2.71 bits per heavy atom. The molecule has 184 valence electrons. The number of alkyl halides is 2. The first-order chi connectivity index (χ1) is 16.1. The number of hydrogen-bond donors (Lipinski definition) is 1. The van der Waals surface area contributed by atoms with Crippen molar-refractivity contribution in [3.63, 3.8) is 0 Å². The number of ketones is 1. The summed E-state index contributed by atoms with van der Waals surface area (Å²) in [6.45, 7) is 2.65. The Morgan fingerprint density at radius 2 is 2.03 bits per heavy atom. The highest BCUT2D eigenvalue weighted by Gasteiger charge is 2.44. The molecule has 0 saturated heterocycles. The van der Waals surface area contributed by atoms with Crippen molar-refractivity contribution in [1.82, 2.24) is 4.57 Å². The van der Waals surface area contributed by atoms with Crippen molar-refractivity contribution >= 4 is 34.3 Å². The number of ether oxygens (including phenoxy) is 1. The van der Waals surface area contributed by atoms with Crippen LogP contribution < -0.4 is 0 Å². The summed E-state index contributed by atoms with van der Waals surface area (Å²) in [6.07, 6.45) is 1.62. The van der Waals surface area contributed by atoms with Crippen LogP contribution in [-0.4, -0.2) is 40.6 Å². The summed E-state index contributed by atoms with van der Waals surface area (Å²) in [6, 6.07) is 5.42. The first-order valence-electron chi connectivity index (χ1n) is 11.5. The van der Waals surface area contributed by atoms with Crippen LogP contribution in [0, 0.1) is 23.7 Å². The van der Waals surface area contributed by atoms with Crippen molar-refractivity contribution in [3.05, 3.63) is 34.5 Å². The largest absolute Gasteiger partial charge is 0.481 e. The Morgan fingerprint density at radius 1 is 1.29 bits per heavy atom. The van der Waals surface area contributed by atoms with E-state index in [2.05, 4.69) is 11.8 Å². The number of halogens is 3. The van der Waals surface area contributed by atoms with Gasteiger partial charge < -0.3 is 14.4 Å². The van der Waals surface area contributed by atoms with E-state index < -0.39 is 11.9 Å². The molecule has 1 aromatic carbocycles. The van der Waals surface area contributed by atoms with Gasteiger partial charge in [-0.1, -0.05) is 24.4 Å². The van der Waals surface area contributed by atoms with Crippen LogP contribution in [0.4, 0.5) is 8.78 Å². The number of Topliss-reactive ketones (excluding diaryl/α,β-unsaturated/α-hetero) is 1. The van der Waals surface area contributed by atoms with Gasteiger partial charge in [-0.25, -0.2) is 8.78 Å². The number of rotatable bonds is 11. The zero-order valence-corrected chi connectivity index (χ0v) is 20.3. The third kappa shape index (κ3) is 6.80. The van der Waals surface area contributed by atoms with Crippen LogP contribution in [-0.2, 0) is 23.0 Å². The maximum Gasteiger partial charge on any atom is 0.303 e. The maximum atomic E-state index is 13.2. The highest BCUT2D eigenvalue weighted by molar-refractivity contribution is 6.31. The molecule has 34 heavy (non-hydrogen) atoms. The summed E-state index contributed by atoms with van der Waals surface area (Å²) in [5.74, 6) is 1.81. The molecule has 0 radical (unpaired) electrons. The normalized spacial score (nSPS) is 16.0. The van der Waals surface area contributed by atoms with Gasteiger partial charge in [0.25, 0.3) is 5.92 Å². The number of carboxylic acids is 1. The second kappa shape index (κ2) is 11.3. The van der Waals surface area contributed by atoms with Gasteiger partial charge in [-0.2, -0.15) is 0 Å². The lowest BCUT2D eigenvalue weighted by Crippen LogP contribution is -2.34. The zero-order chi connectivity index (χ0) is 24.9. The second-order valence-corrected chi connectivity index (χ2v) is 9.56. The molecule has 0 amide bonds. The first-order valence-corrected chi connectivity index (χ1v) is 11.9. The predicted molar refractivity (Wildman–Crippen MR) is 127 cm³/mol. The van der Waals surface area contributed by atoms with E-state index in [4.69, 9.17) is 21.4 Å². The monoisotopic (exact) mass is 493 g/mol. The number of nitrogens with zero attached hydrogens (tertiary/aromatic N) is 1. The number of aromatic nitrogens is 1. The van der Waals surface area contributed by atoms with Gasteiger partial charge >= 0.3 is 5.97 Å². The molecule has 8 heteroatoms. The van der Waals surface area contributed by atoms with Crippen molar-refractivity contribution in [2.24, 2.45) is 18.9 Å². The second-order valence-electron chi connectivity index (χ2n) is 9.12. The molecule has 5 nitrogen and oxygen atoms in total. The molecule has 1 aromatic heterocycles. The Bertz CT molecular complexity index is 1110. The fraction of sp³-hybridized carbons (Fsp3) is 0.538. The molecule has 0 aliphatic heterocycles. The SMILES string of the molecule is C[C@H](CC(=O)O)CC(=O)c1c(CCOCCCC#CC2CC(F)(F)C2)n(C)c2ccc(Cl)cc12. The van der Waals surface area contributed by atoms with Gasteiger partial charge in [-0.05, 0) is 30.5 Å². The quantitative estimate of drug-likeness (QED) is 0.240. The lowest BCUT2D eigenvalue weighted by molar-refractivity contribution is -0.137. The van der Waals surface area contributed by atoms with Gasteiger partial charge in [-0.3, -0.25) is 9.59 Å². The van der Waals surface area contributed by atoms with Gasteiger partial charge in [0.05, 0.1) is 6.61 Å². The number of fused-ring (bicyclic) bond motifs is 1. The molecule has 0 spiro atoms. The Labute approximate surface area is 203 Å². The zero-order valence-electron chi connectivity index (χ0n) is 19.5. The van der Waals surface area contributed by atoms with Crippen molar-refractivity contribution in [2.45, 2.75) is 57.8 Å². The molecule has 1 aliphatic carbocycles. The number of carbonyl (C=O) groups excluding carboxylic acids is 1. The topological polar surface area (TPSA) is 68.5 Å². The molecule has 0 bridgehead atoms.